The maximum Gasteiger partial charge on any atom is 0.265 e. The molecule has 1 amide bonds. The SMILES string of the molecule is O=C(NC(c1ccc(F)cc1)c1cccs1)C1CC(c2ccccc2)=NO1. The van der Waals surface area contributed by atoms with Gasteiger partial charge in [-0.25, -0.2) is 4.39 Å². The number of nitrogens with zero attached hydrogens (tertiary/aromatic N) is 1. The molecule has 2 unspecified atom stereocenters. The average Bonchev–Trinajstić information content (AvgIpc) is 3.40. The Hall–Kier alpha value is -2.99. The molecule has 2 atom stereocenters. The van der Waals surface area contributed by atoms with Crippen molar-refractivity contribution in [3.63, 3.8) is 0 Å². The van der Waals surface area contributed by atoms with Gasteiger partial charge in [0, 0.05) is 11.3 Å². The van der Waals surface area contributed by atoms with Gasteiger partial charge in [-0.1, -0.05) is 53.7 Å². The summed E-state index contributed by atoms with van der Waals surface area (Å²) in [5.41, 5.74) is 2.51. The normalized spacial score (nSPS) is 17.1. The first-order chi connectivity index (χ1) is 13.2. The van der Waals surface area contributed by atoms with Crippen LogP contribution in [-0.2, 0) is 9.63 Å². The van der Waals surface area contributed by atoms with Crippen molar-refractivity contribution in [1.29, 1.82) is 0 Å². The third-order valence-corrected chi connectivity index (χ3v) is 5.32. The summed E-state index contributed by atoms with van der Waals surface area (Å²) in [6, 6.07) is 19.3. The second-order valence-corrected chi connectivity index (χ2v) is 7.19. The molecule has 0 spiro atoms. The first-order valence-electron chi connectivity index (χ1n) is 8.58. The Morgan fingerprint density at radius 1 is 1.11 bits per heavy atom. The monoisotopic (exact) mass is 380 g/mol. The number of oxime groups is 1. The lowest BCUT2D eigenvalue weighted by molar-refractivity contribution is -0.131. The Bertz CT molecular complexity index is 940. The van der Waals surface area contributed by atoms with Gasteiger partial charge in [0.1, 0.15) is 5.82 Å². The maximum atomic E-state index is 13.3. The largest absolute Gasteiger partial charge is 0.382 e. The molecular formula is C21H17FN2O2S. The molecule has 6 heteroatoms. The fraction of sp³-hybridized carbons (Fsp3) is 0.143. The lowest BCUT2D eigenvalue weighted by atomic mass is 10.0. The minimum absolute atomic E-state index is 0.243. The molecule has 4 rings (SSSR count). The number of hydrogen-bond donors (Lipinski definition) is 1. The molecule has 0 fully saturated rings. The molecule has 0 radical (unpaired) electrons. The Labute approximate surface area is 160 Å². The molecule has 1 aromatic heterocycles. The van der Waals surface area contributed by atoms with E-state index in [2.05, 4.69) is 10.5 Å². The number of hydrogen-bond acceptors (Lipinski definition) is 4. The average molecular weight is 380 g/mol. The van der Waals surface area contributed by atoms with Gasteiger partial charge in [-0.15, -0.1) is 11.3 Å². The van der Waals surface area contributed by atoms with E-state index in [-0.39, 0.29) is 17.8 Å². The molecule has 0 bridgehead atoms. The van der Waals surface area contributed by atoms with Gasteiger partial charge in [-0.05, 0) is 34.7 Å². The minimum Gasteiger partial charge on any atom is -0.382 e. The first-order valence-corrected chi connectivity index (χ1v) is 9.46. The summed E-state index contributed by atoms with van der Waals surface area (Å²) in [7, 11) is 0. The number of benzene rings is 2. The van der Waals surface area contributed by atoms with Crippen molar-refractivity contribution in [2.75, 3.05) is 0 Å². The van der Waals surface area contributed by atoms with Crippen LogP contribution in [0.15, 0.2) is 77.3 Å². The summed E-state index contributed by atoms with van der Waals surface area (Å²) in [5.74, 6) is -0.553. The summed E-state index contributed by atoms with van der Waals surface area (Å²) in [5, 5.41) is 9.04. The molecule has 27 heavy (non-hydrogen) atoms. The molecular weight excluding hydrogens is 363 g/mol. The van der Waals surface area contributed by atoms with Gasteiger partial charge in [0.05, 0.1) is 11.8 Å². The van der Waals surface area contributed by atoms with Crippen LogP contribution in [0.2, 0.25) is 0 Å². The molecule has 1 aliphatic heterocycles. The second kappa shape index (κ2) is 7.72. The Morgan fingerprint density at radius 3 is 2.59 bits per heavy atom. The van der Waals surface area contributed by atoms with E-state index in [9.17, 15) is 9.18 Å². The van der Waals surface area contributed by atoms with Crippen LogP contribution in [0.5, 0.6) is 0 Å². The van der Waals surface area contributed by atoms with Crippen molar-refractivity contribution in [2.24, 2.45) is 5.16 Å². The molecule has 1 aliphatic rings. The van der Waals surface area contributed by atoms with Gasteiger partial charge < -0.3 is 10.2 Å². The predicted molar refractivity (Wildman–Crippen MR) is 103 cm³/mol. The molecule has 2 heterocycles. The molecule has 0 saturated heterocycles. The highest BCUT2D eigenvalue weighted by molar-refractivity contribution is 7.10. The molecule has 3 aromatic rings. The van der Waals surface area contributed by atoms with E-state index < -0.39 is 6.10 Å². The summed E-state index contributed by atoms with van der Waals surface area (Å²) in [6.07, 6.45) is -0.265. The zero-order valence-corrected chi connectivity index (χ0v) is 15.2. The fourth-order valence-electron chi connectivity index (χ4n) is 2.98. The second-order valence-electron chi connectivity index (χ2n) is 6.21. The number of halogens is 1. The number of carbonyl (C=O) groups excluding carboxylic acids is 1. The van der Waals surface area contributed by atoms with Crippen molar-refractivity contribution in [3.8, 4) is 0 Å². The van der Waals surface area contributed by atoms with E-state index in [0.29, 0.717) is 6.42 Å². The fourth-order valence-corrected chi connectivity index (χ4v) is 3.79. The topological polar surface area (TPSA) is 50.7 Å². The number of amides is 1. The third-order valence-electron chi connectivity index (χ3n) is 4.39. The number of thiophene rings is 1. The minimum atomic E-state index is -0.678. The van der Waals surface area contributed by atoms with Gasteiger partial charge >= 0.3 is 0 Å². The van der Waals surface area contributed by atoms with E-state index in [1.165, 1.54) is 23.5 Å². The maximum absolute atomic E-state index is 13.3. The van der Waals surface area contributed by atoms with Gasteiger partial charge in [0.25, 0.3) is 5.91 Å². The van der Waals surface area contributed by atoms with Gasteiger partial charge in [0.2, 0.25) is 6.10 Å². The summed E-state index contributed by atoms with van der Waals surface area (Å²) in [4.78, 5) is 19.1. The molecule has 0 saturated carbocycles. The number of nitrogens with one attached hydrogen (secondary N) is 1. The zero-order valence-electron chi connectivity index (χ0n) is 14.3. The van der Waals surface area contributed by atoms with Crippen molar-refractivity contribution < 1.29 is 14.0 Å². The molecule has 0 aliphatic carbocycles. The van der Waals surface area contributed by atoms with Crippen LogP contribution in [0.25, 0.3) is 0 Å². The van der Waals surface area contributed by atoms with Crippen LogP contribution < -0.4 is 5.32 Å². The third kappa shape index (κ3) is 3.90. The van der Waals surface area contributed by atoms with Crippen LogP contribution in [-0.4, -0.2) is 17.7 Å². The van der Waals surface area contributed by atoms with Crippen LogP contribution in [0.1, 0.15) is 28.5 Å². The Kier molecular flexibility index (Phi) is 4.98. The van der Waals surface area contributed by atoms with E-state index in [1.807, 2.05) is 47.8 Å². The van der Waals surface area contributed by atoms with Crippen LogP contribution in [0, 0.1) is 5.82 Å². The van der Waals surface area contributed by atoms with Crippen LogP contribution in [0.4, 0.5) is 4.39 Å². The standard InChI is InChI=1S/C21H17FN2O2S/c22-16-10-8-15(9-11-16)20(19-7-4-12-27-19)23-21(25)18-13-17(24-26-18)14-5-2-1-3-6-14/h1-12,18,20H,13H2,(H,23,25). The number of rotatable bonds is 5. The lowest BCUT2D eigenvalue weighted by Crippen LogP contribution is -2.37. The Morgan fingerprint density at radius 2 is 1.89 bits per heavy atom. The van der Waals surface area contributed by atoms with E-state index in [1.54, 1.807) is 12.1 Å². The van der Waals surface area contributed by atoms with E-state index in [0.717, 1.165) is 21.7 Å². The van der Waals surface area contributed by atoms with Crippen molar-refractivity contribution in [3.05, 3.63) is 93.9 Å². The summed E-state index contributed by atoms with van der Waals surface area (Å²) >= 11 is 1.53. The lowest BCUT2D eigenvalue weighted by Gasteiger charge is -2.19. The van der Waals surface area contributed by atoms with Gasteiger partial charge in [0.15, 0.2) is 0 Å². The molecule has 1 N–H and O–H groups in total. The summed E-state index contributed by atoms with van der Waals surface area (Å²) in [6.45, 7) is 0. The van der Waals surface area contributed by atoms with Gasteiger partial charge in [-0.3, -0.25) is 4.79 Å². The first kappa shape index (κ1) is 17.4. The molecule has 4 nitrogen and oxygen atoms in total. The van der Waals surface area contributed by atoms with Crippen molar-refractivity contribution in [2.45, 2.75) is 18.6 Å². The Balaban J connectivity index is 1.49. The van der Waals surface area contributed by atoms with Crippen LogP contribution >= 0.6 is 11.3 Å². The van der Waals surface area contributed by atoms with Crippen molar-refractivity contribution in [1.82, 2.24) is 5.32 Å². The van der Waals surface area contributed by atoms with Crippen LogP contribution in [0.3, 0.4) is 0 Å². The van der Waals surface area contributed by atoms with E-state index >= 15 is 0 Å². The predicted octanol–water partition coefficient (Wildman–Crippen LogP) is 4.29. The molecule has 136 valence electrons. The van der Waals surface area contributed by atoms with Gasteiger partial charge in [-0.2, -0.15) is 0 Å². The number of carbonyl (C=O) groups is 1. The summed E-state index contributed by atoms with van der Waals surface area (Å²) < 4.78 is 13.3. The quantitative estimate of drug-likeness (QED) is 0.718. The van der Waals surface area contributed by atoms with Crippen molar-refractivity contribution >= 4 is 23.0 Å². The highest BCUT2D eigenvalue weighted by Gasteiger charge is 2.31. The highest BCUT2D eigenvalue weighted by Crippen LogP contribution is 2.27. The molecule has 2 aromatic carbocycles. The highest BCUT2D eigenvalue weighted by atomic mass is 32.1. The van der Waals surface area contributed by atoms with E-state index in [4.69, 9.17) is 4.84 Å². The smallest absolute Gasteiger partial charge is 0.265 e. The zero-order chi connectivity index (χ0) is 18.6.